The van der Waals surface area contributed by atoms with Crippen molar-refractivity contribution in [3.8, 4) is 0 Å². The Kier molecular flexibility index (Phi) is 14.5. The Morgan fingerprint density at radius 3 is 1.62 bits per heavy atom. The third kappa shape index (κ3) is 10.7. The van der Waals surface area contributed by atoms with Crippen LogP contribution in [0.1, 0.15) is 13.3 Å². The van der Waals surface area contributed by atoms with Crippen molar-refractivity contribution in [2.45, 2.75) is 19.4 Å². The Morgan fingerprint density at radius 1 is 1.19 bits per heavy atom. The smallest absolute Gasteiger partial charge is 0.322 e. The molecule has 1 atom stereocenters. The minimum Gasteiger partial charge on any atom is -0.468 e. The van der Waals surface area contributed by atoms with Gasteiger partial charge < -0.3 is 15.6 Å². The minimum absolute atomic E-state index is 0.340. The van der Waals surface area contributed by atoms with Gasteiger partial charge in [-0.1, -0.05) is 43.3 Å². The second-order valence-corrected chi connectivity index (χ2v) is 2.69. The number of carbonyl (C=O) groups excluding carboxylic acids is 1. The van der Waals surface area contributed by atoms with Crippen LogP contribution < -0.4 is 5.73 Å². The molecule has 1 aromatic carbocycles. The SMILES string of the molecule is CCC(N)C(=O)OC.CO.c1ccccc1. The zero-order chi connectivity index (χ0) is 12.8. The molecule has 0 radical (unpaired) electrons. The summed E-state index contributed by atoms with van der Waals surface area (Å²) < 4.78 is 4.34. The molecule has 1 unspecified atom stereocenters. The lowest BCUT2D eigenvalue weighted by atomic mass is 10.2. The van der Waals surface area contributed by atoms with Crippen molar-refractivity contribution in [1.82, 2.24) is 0 Å². The van der Waals surface area contributed by atoms with Crippen molar-refractivity contribution >= 4 is 5.97 Å². The van der Waals surface area contributed by atoms with E-state index >= 15 is 0 Å². The molecular formula is C12H21NO3. The van der Waals surface area contributed by atoms with Crippen molar-refractivity contribution in [3.63, 3.8) is 0 Å². The fraction of sp³-hybridized carbons (Fsp3) is 0.417. The van der Waals surface area contributed by atoms with E-state index in [1.54, 1.807) is 0 Å². The number of methoxy groups -OCH3 is 1. The first-order valence-electron chi connectivity index (χ1n) is 5.00. The second kappa shape index (κ2) is 13.6. The predicted octanol–water partition coefficient (Wildman–Crippen LogP) is 1.19. The van der Waals surface area contributed by atoms with E-state index in [2.05, 4.69) is 4.74 Å². The van der Waals surface area contributed by atoms with Crippen LogP contribution in [0.4, 0.5) is 0 Å². The van der Waals surface area contributed by atoms with E-state index < -0.39 is 6.04 Å². The first-order valence-corrected chi connectivity index (χ1v) is 5.00. The number of aliphatic hydroxyl groups is 1. The van der Waals surface area contributed by atoms with E-state index in [0.717, 1.165) is 7.11 Å². The van der Waals surface area contributed by atoms with Crippen molar-refractivity contribution < 1.29 is 14.6 Å². The molecule has 0 aromatic heterocycles. The van der Waals surface area contributed by atoms with Crippen LogP contribution in [0.2, 0.25) is 0 Å². The maximum atomic E-state index is 10.4. The van der Waals surface area contributed by atoms with Gasteiger partial charge in [0.2, 0.25) is 0 Å². The number of hydrogen-bond donors (Lipinski definition) is 2. The quantitative estimate of drug-likeness (QED) is 0.744. The van der Waals surface area contributed by atoms with E-state index in [4.69, 9.17) is 10.8 Å². The molecule has 0 heterocycles. The number of esters is 1. The van der Waals surface area contributed by atoms with Gasteiger partial charge in [-0.15, -0.1) is 0 Å². The standard InChI is InChI=1S/C6H6.C5H11NO2.CH4O/c1-2-4-6-5-3-1;1-3-4(6)5(7)8-2;1-2/h1-6H;4H,3,6H2,1-2H3;2H,1H3. The number of benzene rings is 1. The van der Waals surface area contributed by atoms with Gasteiger partial charge in [-0.2, -0.15) is 0 Å². The number of aliphatic hydroxyl groups excluding tert-OH is 1. The van der Waals surface area contributed by atoms with Crippen molar-refractivity contribution in [1.29, 1.82) is 0 Å². The first-order chi connectivity index (χ1) is 7.72. The molecule has 92 valence electrons. The normalized spacial score (nSPS) is 9.81. The number of ether oxygens (including phenoxy) is 1. The van der Waals surface area contributed by atoms with Crippen LogP contribution in [0.5, 0.6) is 0 Å². The summed E-state index contributed by atoms with van der Waals surface area (Å²) in [6, 6.07) is 11.6. The Morgan fingerprint density at radius 2 is 1.50 bits per heavy atom. The van der Waals surface area contributed by atoms with Gasteiger partial charge >= 0.3 is 5.97 Å². The molecule has 0 bridgehead atoms. The molecule has 4 heteroatoms. The van der Waals surface area contributed by atoms with E-state index in [0.29, 0.717) is 6.42 Å². The fourth-order valence-corrected chi connectivity index (χ4v) is 0.703. The van der Waals surface area contributed by atoms with Gasteiger partial charge in [0.15, 0.2) is 0 Å². The minimum atomic E-state index is -0.444. The lowest BCUT2D eigenvalue weighted by molar-refractivity contribution is -0.142. The van der Waals surface area contributed by atoms with E-state index in [9.17, 15) is 4.79 Å². The number of rotatable bonds is 2. The van der Waals surface area contributed by atoms with Crippen molar-refractivity contribution in [2.75, 3.05) is 14.2 Å². The number of carbonyl (C=O) groups is 1. The zero-order valence-electron chi connectivity index (χ0n) is 10.1. The third-order valence-corrected chi connectivity index (χ3v) is 1.61. The summed E-state index contributed by atoms with van der Waals surface area (Å²) in [5, 5.41) is 7.00. The monoisotopic (exact) mass is 227 g/mol. The van der Waals surface area contributed by atoms with Gasteiger partial charge in [0.05, 0.1) is 7.11 Å². The highest BCUT2D eigenvalue weighted by molar-refractivity contribution is 5.75. The summed E-state index contributed by atoms with van der Waals surface area (Å²) in [6.07, 6.45) is 0.632. The van der Waals surface area contributed by atoms with E-state index in [1.807, 2.05) is 43.3 Å². The molecule has 3 N–H and O–H groups in total. The van der Waals surface area contributed by atoms with Crippen LogP contribution in [0.25, 0.3) is 0 Å². The average molecular weight is 227 g/mol. The first kappa shape index (κ1) is 17.0. The van der Waals surface area contributed by atoms with E-state index in [-0.39, 0.29) is 5.97 Å². The summed E-state index contributed by atoms with van der Waals surface area (Å²) >= 11 is 0. The van der Waals surface area contributed by atoms with Crippen molar-refractivity contribution in [2.24, 2.45) is 5.73 Å². The van der Waals surface area contributed by atoms with Gasteiger partial charge in [-0.3, -0.25) is 4.79 Å². The molecule has 1 rings (SSSR count). The van der Waals surface area contributed by atoms with Crippen LogP contribution in [-0.4, -0.2) is 31.3 Å². The highest BCUT2D eigenvalue weighted by Crippen LogP contribution is 1.86. The van der Waals surface area contributed by atoms with Crippen LogP contribution >= 0.6 is 0 Å². The Labute approximate surface area is 97.0 Å². The highest BCUT2D eigenvalue weighted by Gasteiger charge is 2.08. The molecule has 0 aliphatic carbocycles. The molecule has 0 aliphatic heterocycles. The van der Waals surface area contributed by atoms with Crippen molar-refractivity contribution in [3.05, 3.63) is 36.4 Å². The molecule has 0 fully saturated rings. The Balaban J connectivity index is 0. The molecule has 16 heavy (non-hydrogen) atoms. The van der Waals surface area contributed by atoms with Gasteiger partial charge in [0.1, 0.15) is 6.04 Å². The lowest BCUT2D eigenvalue weighted by Crippen LogP contribution is -2.30. The summed E-state index contributed by atoms with van der Waals surface area (Å²) in [7, 11) is 2.33. The lowest BCUT2D eigenvalue weighted by Gasteiger charge is -2.03. The summed E-state index contributed by atoms with van der Waals surface area (Å²) in [5.41, 5.74) is 5.25. The molecule has 0 saturated carbocycles. The molecule has 0 amide bonds. The number of hydrogen-bond acceptors (Lipinski definition) is 4. The molecule has 1 aromatic rings. The molecular weight excluding hydrogens is 206 g/mol. The predicted molar refractivity (Wildman–Crippen MR) is 64.9 cm³/mol. The van der Waals surface area contributed by atoms with Gasteiger partial charge in [-0.25, -0.2) is 0 Å². The number of nitrogens with two attached hydrogens (primary N) is 1. The Hall–Kier alpha value is -1.39. The second-order valence-electron chi connectivity index (χ2n) is 2.69. The largest absolute Gasteiger partial charge is 0.468 e. The highest BCUT2D eigenvalue weighted by atomic mass is 16.5. The molecule has 0 spiro atoms. The maximum Gasteiger partial charge on any atom is 0.322 e. The van der Waals surface area contributed by atoms with Crippen LogP contribution in [-0.2, 0) is 9.53 Å². The maximum absolute atomic E-state index is 10.4. The van der Waals surface area contributed by atoms with Crippen LogP contribution in [0.3, 0.4) is 0 Å². The molecule has 4 nitrogen and oxygen atoms in total. The average Bonchev–Trinajstić information content (AvgIpc) is 2.41. The summed E-state index contributed by atoms with van der Waals surface area (Å²) in [4.78, 5) is 10.4. The topological polar surface area (TPSA) is 72.6 Å². The van der Waals surface area contributed by atoms with Crippen LogP contribution in [0.15, 0.2) is 36.4 Å². The zero-order valence-corrected chi connectivity index (χ0v) is 10.1. The summed E-state index contributed by atoms with van der Waals surface area (Å²) in [5.74, 6) is -0.340. The van der Waals surface area contributed by atoms with Gasteiger partial charge in [0, 0.05) is 7.11 Å². The van der Waals surface area contributed by atoms with E-state index in [1.165, 1.54) is 7.11 Å². The molecule has 0 aliphatic rings. The van der Waals surface area contributed by atoms with Gasteiger partial charge in [-0.05, 0) is 6.42 Å². The fourth-order valence-electron chi connectivity index (χ4n) is 0.703. The summed E-state index contributed by atoms with van der Waals surface area (Å²) in [6.45, 7) is 1.83. The Bertz CT molecular complexity index is 213. The van der Waals surface area contributed by atoms with Gasteiger partial charge in [0.25, 0.3) is 0 Å². The molecule has 0 saturated heterocycles. The van der Waals surface area contributed by atoms with Crippen LogP contribution in [0, 0.1) is 0 Å². The third-order valence-electron chi connectivity index (χ3n) is 1.61.